The monoisotopic (exact) mass is 228 g/mol. The largest absolute Gasteiger partial charge is 0.478 e. The van der Waals surface area contributed by atoms with Crippen LogP contribution in [-0.2, 0) is 0 Å². The molecule has 0 aliphatic rings. The average molecular weight is 229 g/mol. The molecular weight excluding hydrogens is 224 g/mol. The second-order valence-electron chi connectivity index (χ2n) is 2.70. The van der Waals surface area contributed by atoms with Gasteiger partial charge in [-0.2, -0.15) is 4.37 Å². The summed E-state index contributed by atoms with van der Waals surface area (Å²) in [6.07, 6.45) is 0. The lowest BCUT2D eigenvalue weighted by atomic mass is 10.2. The van der Waals surface area contributed by atoms with Gasteiger partial charge in [-0.05, 0) is 23.7 Å². The van der Waals surface area contributed by atoms with Crippen molar-refractivity contribution >= 4 is 45.0 Å². The minimum absolute atomic E-state index is 0.145. The number of aromatic carboxylic acids is 1. The Morgan fingerprint density at radius 2 is 2.29 bits per heavy atom. The van der Waals surface area contributed by atoms with Gasteiger partial charge in [0, 0.05) is 0 Å². The van der Waals surface area contributed by atoms with E-state index in [1.165, 1.54) is 12.1 Å². The molecule has 0 aliphatic heterocycles. The van der Waals surface area contributed by atoms with E-state index in [4.69, 9.17) is 22.4 Å². The lowest BCUT2D eigenvalue weighted by Gasteiger charge is -1.97. The molecule has 72 valence electrons. The minimum Gasteiger partial charge on any atom is -0.478 e. The quantitative estimate of drug-likeness (QED) is 0.785. The van der Waals surface area contributed by atoms with Crippen molar-refractivity contribution in [2.45, 2.75) is 0 Å². The van der Waals surface area contributed by atoms with Gasteiger partial charge in [-0.1, -0.05) is 11.6 Å². The van der Waals surface area contributed by atoms with Crippen LogP contribution in [0, 0.1) is 0 Å². The Labute approximate surface area is 88.1 Å². The van der Waals surface area contributed by atoms with Crippen LogP contribution in [0.3, 0.4) is 0 Å². The predicted octanol–water partition coefficient (Wildman–Crippen LogP) is 2.23. The molecule has 0 bridgehead atoms. The van der Waals surface area contributed by atoms with Gasteiger partial charge in [0.15, 0.2) is 0 Å². The SMILES string of the molecule is Nc1nsc2cc(C(=O)O)cc(Cl)c12. The molecule has 0 amide bonds. The zero-order chi connectivity index (χ0) is 10.3. The highest BCUT2D eigenvalue weighted by Crippen LogP contribution is 2.32. The molecular formula is C8H5ClN2O2S. The van der Waals surface area contributed by atoms with E-state index in [1.807, 2.05) is 0 Å². The number of aromatic nitrogens is 1. The van der Waals surface area contributed by atoms with E-state index in [2.05, 4.69) is 4.37 Å². The van der Waals surface area contributed by atoms with Crippen molar-refractivity contribution in [3.8, 4) is 0 Å². The fraction of sp³-hybridized carbons (Fsp3) is 0. The van der Waals surface area contributed by atoms with Crippen LogP contribution in [-0.4, -0.2) is 15.4 Å². The second kappa shape index (κ2) is 3.11. The van der Waals surface area contributed by atoms with Gasteiger partial charge >= 0.3 is 5.97 Å². The standard InChI is InChI=1S/C8H5ClN2O2S/c9-4-1-3(8(12)13)2-5-6(4)7(10)11-14-5/h1-2H,(H2,10,11)(H,12,13). The first kappa shape index (κ1) is 9.23. The fourth-order valence-corrected chi connectivity index (χ4v) is 2.32. The van der Waals surface area contributed by atoms with Crippen LogP contribution >= 0.6 is 23.1 Å². The van der Waals surface area contributed by atoms with Gasteiger partial charge in [0.2, 0.25) is 0 Å². The number of hydrogen-bond donors (Lipinski definition) is 2. The van der Waals surface area contributed by atoms with Crippen molar-refractivity contribution in [2.75, 3.05) is 5.73 Å². The minimum atomic E-state index is -1.01. The Bertz CT molecular complexity index is 523. The summed E-state index contributed by atoms with van der Waals surface area (Å²) in [6, 6.07) is 2.88. The molecule has 4 nitrogen and oxygen atoms in total. The van der Waals surface area contributed by atoms with Gasteiger partial charge in [0.05, 0.1) is 20.7 Å². The zero-order valence-corrected chi connectivity index (χ0v) is 8.39. The Hall–Kier alpha value is -1.33. The third kappa shape index (κ3) is 1.30. The zero-order valence-electron chi connectivity index (χ0n) is 6.82. The Kier molecular flexibility index (Phi) is 2.05. The van der Waals surface area contributed by atoms with Crippen molar-refractivity contribution < 1.29 is 9.90 Å². The number of rotatable bonds is 1. The number of fused-ring (bicyclic) bond motifs is 1. The third-order valence-electron chi connectivity index (χ3n) is 1.80. The summed E-state index contributed by atoms with van der Waals surface area (Å²) in [5.74, 6) is -0.673. The van der Waals surface area contributed by atoms with Crippen molar-refractivity contribution in [2.24, 2.45) is 0 Å². The molecule has 14 heavy (non-hydrogen) atoms. The van der Waals surface area contributed by atoms with E-state index in [0.29, 0.717) is 20.9 Å². The molecule has 0 spiro atoms. The maximum atomic E-state index is 10.7. The fourth-order valence-electron chi connectivity index (χ4n) is 1.17. The molecule has 0 saturated carbocycles. The predicted molar refractivity (Wildman–Crippen MR) is 56.0 cm³/mol. The molecule has 2 aromatic rings. The number of nitrogen functional groups attached to an aromatic ring is 1. The second-order valence-corrected chi connectivity index (χ2v) is 3.92. The number of carboxylic acids is 1. The lowest BCUT2D eigenvalue weighted by Crippen LogP contribution is -1.95. The first-order chi connectivity index (χ1) is 6.59. The summed E-state index contributed by atoms with van der Waals surface area (Å²) >= 11 is 7.01. The van der Waals surface area contributed by atoms with E-state index in [1.54, 1.807) is 0 Å². The molecule has 0 atom stereocenters. The van der Waals surface area contributed by atoms with Crippen LogP contribution in [0.15, 0.2) is 12.1 Å². The molecule has 0 unspecified atom stereocenters. The Balaban J connectivity index is 2.80. The van der Waals surface area contributed by atoms with Crippen LogP contribution in [0.5, 0.6) is 0 Å². The summed E-state index contributed by atoms with van der Waals surface area (Å²) in [6.45, 7) is 0. The van der Waals surface area contributed by atoms with E-state index < -0.39 is 5.97 Å². The molecule has 2 rings (SSSR count). The average Bonchev–Trinajstić information content (AvgIpc) is 2.48. The summed E-state index contributed by atoms with van der Waals surface area (Å²) in [7, 11) is 0. The molecule has 1 aromatic carbocycles. The number of hydrogen-bond acceptors (Lipinski definition) is 4. The molecule has 1 heterocycles. The van der Waals surface area contributed by atoms with E-state index in [-0.39, 0.29) is 5.56 Å². The third-order valence-corrected chi connectivity index (χ3v) is 2.90. The Morgan fingerprint density at radius 3 is 2.93 bits per heavy atom. The van der Waals surface area contributed by atoms with Crippen molar-refractivity contribution in [3.05, 3.63) is 22.7 Å². The number of halogens is 1. The number of carboxylic acid groups (broad SMARTS) is 1. The molecule has 0 radical (unpaired) electrons. The summed E-state index contributed by atoms with van der Waals surface area (Å²) in [5.41, 5.74) is 5.72. The highest BCUT2D eigenvalue weighted by Gasteiger charge is 2.12. The number of nitrogens with zero attached hydrogens (tertiary/aromatic N) is 1. The maximum absolute atomic E-state index is 10.7. The van der Waals surface area contributed by atoms with Gasteiger partial charge in [0.1, 0.15) is 5.82 Å². The highest BCUT2D eigenvalue weighted by atomic mass is 35.5. The number of anilines is 1. The van der Waals surface area contributed by atoms with E-state index >= 15 is 0 Å². The van der Waals surface area contributed by atoms with Crippen molar-refractivity contribution in [1.82, 2.24) is 4.37 Å². The van der Waals surface area contributed by atoms with E-state index in [0.717, 1.165) is 11.5 Å². The normalized spacial score (nSPS) is 10.6. The number of nitrogens with two attached hydrogens (primary N) is 1. The number of benzene rings is 1. The molecule has 6 heteroatoms. The molecule has 0 saturated heterocycles. The van der Waals surface area contributed by atoms with Crippen LogP contribution in [0.25, 0.3) is 10.1 Å². The molecule has 1 aromatic heterocycles. The van der Waals surface area contributed by atoms with Crippen LogP contribution in [0.1, 0.15) is 10.4 Å². The molecule has 0 fully saturated rings. The van der Waals surface area contributed by atoms with Gasteiger partial charge < -0.3 is 10.8 Å². The van der Waals surface area contributed by atoms with Crippen molar-refractivity contribution in [3.63, 3.8) is 0 Å². The summed E-state index contributed by atoms with van der Waals surface area (Å²) in [5, 5.41) is 9.72. The van der Waals surface area contributed by atoms with E-state index in [9.17, 15) is 4.79 Å². The van der Waals surface area contributed by atoms with Gasteiger partial charge in [-0.3, -0.25) is 0 Å². The maximum Gasteiger partial charge on any atom is 0.335 e. The summed E-state index contributed by atoms with van der Waals surface area (Å²) < 4.78 is 4.59. The highest BCUT2D eigenvalue weighted by molar-refractivity contribution is 7.13. The smallest absolute Gasteiger partial charge is 0.335 e. The summed E-state index contributed by atoms with van der Waals surface area (Å²) in [4.78, 5) is 10.7. The first-order valence-electron chi connectivity index (χ1n) is 3.67. The topological polar surface area (TPSA) is 76.2 Å². The van der Waals surface area contributed by atoms with Crippen LogP contribution in [0.2, 0.25) is 5.02 Å². The number of carbonyl (C=O) groups is 1. The van der Waals surface area contributed by atoms with Gasteiger partial charge in [-0.25, -0.2) is 4.79 Å². The molecule has 0 aliphatic carbocycles. The Morgan fingerprint density at radius 1 is 1.57 bits per heavy atom. The van der Waals surface area contributed by atoms with Gasteiger partial charge in [0.25, 0.3) is 0 Å². The van der Waals surface area contributed by atoms with Gasteiger partial charge in [-0.15, -0.1) is 0 Å². The molecule has 3 N–H and O–H groups in total. The first-order valence-corrected chi connectivity index (χ1v) is 4.82. The lowest BCUT2D eigenvalue weighted by molar-refractivity contribution is 0.0697. The van der Waals surface area contributed by atoms with Crippen LogP contribution in [0.4, 0.5) is 5.82 Å². The van der Waals surface area contributed by atoms with Crippen LogP contribution < -0.4 is 5.73 Å². The van der Waals surface area contributed by atoms with Crippen molar-refractivity contribution in [1.29, 1.82) is 0 Å².